The van der Waals surface area contributed by atoms with Crippen LogP contribution >= 0.6 is 0 Å². The molecule has 11 heteroatoms. The summed E-state index contributed by atoms with van der Waals surface area (Å²) in [6.07, 6.45) is 6.87. The highest BCUT2D eigenvalue weighted by atomic mass is 16.4. The van der Waals surface area contributed by atoms with Gasteiger partial charge in [-0.15, -0.1) is 0 Å². The number of amides is 2. The van der Waals surface area contributed by atoms with Gasteiger partial charge in [0.1, 0.15) is 11.9 Å². The molecule has 3 heterocycles. The molecule has 11 nitrogen and oxygen atoms in total. The van der Waals surface area contributed by atoms with Crippen LogP contribution in [0.3, 0.4) is 0 Å². The van der Waals surface area contributed by atoms with E-state index in [1.807, 2.05) is 45.9 Å². The highest BCUT2D eigenvalue weighted by Crippen LogP contribution is 2.30. The van der Waals surface area contributed by atoms with E-state index in [-0.39, 0.29) is 18.8 Å². The first kappa shape index (κ1) is 26.6. The number of anilines is 1. The molecule has 3 aromatic heterocycles. The van der Waals surface area contributed by atoms with Crippen LogP contribution in [0.4, 0.5) is 10.6 Å². The zero-order valence-corrected chi connectivity index (χ0v) is 21.0. The molecule has 0 aromatic carbocycles. The van der Waals surface area contributed by atoms with Crippen molar-refractivity contribution in [2.45, 2.75) is 65.6 Å². The first-order valence-corrected chi connectivity index (χ1v) is 11.9. The van der Waals surface area contributed by atoms with Crippen LogP contribution < -0.4 is 5.32 Å². The van der Waals surface area contributed by atoms with Crippen LogP contribution in [0, 0.1) is 5.41 Å². The molecule has 0 saturated carbocycles. The molecule has 3 N–H and O–H groups in total. The number of aromatic nitrogens is 5. The summed E-state index contributed by atoms with van der Waals surface area (Å²) in [4.78, 5) is 43.9. The maximum Gasteiger partial charge on any atom is 0.408 e. The van der Waals surface area contributed by atoms with Crippen molar-refractivity contribution in [3.8, 4) is 11.3 Å². The van der Waals surface area contributed by atoms with E-state index in [9.17, 15) is 19.5 Å². The number of rotatable bonds is 11. The molecule has 0 unspecified atom stereocenters. The van der Waals surface area contributed by atoms with Gasteiger partial charge in [0.25, 0.3) is 5.91 Å². The fourth-order valence-corrected chi connectivity index (χ4v) is 4.03. The lowest BCUT2D eigenvalue weighted by molar-refractivity contribution is -0.139. The molecule has 0 aliphatic heterocycles. The Morgan fingerprint density at radius 2 is 1.86 bits per heavy atom. The number of carbonyl (C=O) groups is 3. The summed E-state index contributed by atoms with van der Waals surface area (Å²) in [6, 6.07) is 5.25. The number of aromatic amines is 1. The highest BCUT2D eigenvalue weighted by Gasteiger charge is 2.42. The Labute approximate surface area is 209 Å². The minimum Gasteiger partial charge on any atom is -0.465 e. The second kappa shape index (κ2) is 11.6. The molecular formula is C25H33N7O4. The van der Waals surface area contributed by atoms with Gasteiger partial charge in [-0.05, 0) is 30.0 Å². The molecule has 0 fully saturated rings. The van der Waals surface area contributed by atoms with E-state index in [0.717, 1.165) is 22.6 Å². The van der Waals surface area contributed by atoms with Crippen molar-refractivity contribution in [2.24, 2.45) is 5.41 Å². The van der Waals surface area contributed by atoms with Crippen molar-refractivity contribution < 1.29 is 19.5 Å². The molecule has 0 aliphatic carbocycles. The fourth-order valence-electron chi connectivity index (χ4n) is 4.03. The van der Waals surface area contributed by atoms with Crippen molar-refractivity contribution in [3.63, 3.8) is 0 Å². The quantitative estimate of drug-likeness (QED) is 0.343. The van der Waals surface area contributed by atoms with Gasteiger partial charge in [0.15, 0.2) is 0 Å². The lowest BCUT2D eigenvalue weighted by Crippen LogP contribution is -2.57. The predicted molar refractivity (Wildman–Crippen MR) is 134 cm³/mol. The lowest BCUT2D eigenvalue weighted by atomic mass is 9.84. The third-order valence-corrected chi connectivity index (χ3v) is 5.98. The summed E-state index contributed by atoms with van der Waals surface area (Å²) >= 11 is 0. The Kier molecular flexibility index (Phi) is 8.57. The average molecular weight is 496 g/mol. The van der Waals surface area contributed by atoms with Crippen molar-refractivity contribution in [3.05, 3.63) is 49.1 Å². The molecule has 3 rings (SSSR count). The lowest BCUT2D eigenvalue weighted by Gasteiger charge is -2.42. The maximum absolute atomic E-state index is 13.3. The molecule has 0 bridgehead atoms. The molecule has 0 radical (unpaired) electrons. The fraction of sp³-hybridized carbons (Fsp3) is 0.440. The SMILES string of the molecule is CCCC[C@@H](C(=O)C(=O)Nc1ccn[nH]1)N(C(=O)O)[C@H](Cn1ccc(-c2ccncc2)n1)C(C)(C)C. The molecule has 2 atom stereocenters. The number of carboxylic acid groups (broad SMARTS) is 1. The Hall–Kier alpha value is -4.02. The summed E-state index contributed by atoms with van der Waals surface area (Å²) in [5.41, 5.74) is 1.05. The van der Waals surface area contributed by atoms with E-state index in [1.165, 1.54) is 12.3 Å². The first-order valence-electron chi connectivity index (χ1n) is 11.9. The minimum atomic E-state index is -1.26. The number of nitrogens with zero attached hydrogens (tertiary/aromatic N) is 5. The molecule has 3 aromatic rings. The molecular weight excluding hydrogens is 462 g/mol. The average Bonchev–Trinajstić information content (AvgIpc) is 3.52. The van der Waals surface area contributed by atoms with E-state index >= 15 is 0 Å². The van der Waals surface area contributed by atoms with Gasteiger partial charge in [0.05, 0.1) is 24.5 Å². The van der Waals surface area contributed by atoms with Crippen LogP contribution in [0.1, 0.15) is 47.0 Å². The van der Waals surface area contributed by atoms with Crippen molar-refractivity contribution in [1.82, 2.24) is 29.9 Å². The number of pyridine rings is 1. The van der Waals surface area contributed by atoms with Gasteiger partial charge in [-0.25, -0.2) is 4.79 Å². The Morgan fingerprint density at radius 1 is 1.14 bits per heavy atom. The summed E-state index contributed by atoms with van der Waals surface area (Å²) in [5, 5.41) is 23.7. The predicted octanol–water partition coefficient (Wildman–Crippen LogP) is 3.83. The molecule has 2 amide bonds. The number of nitrogens with one attached hydrogen (secondary N) is 2. The van der Waals surface area contributed by atoms with Crippen molar-refractivity contribution in [2.75, 3.05) is 5.32 Å². The molecule has 0 spiro atoms. The van der Waals surface area contributed by atoms with Gasteiger partial charge in [-0.3, -0.25) is 29.3 Å². The van der Waals surface area contributed by atoms with E-state index in [2.05, 4.69) is 25.6 Å². The number of unbranched alkanes of at least 4 members (excludes halogenated alkanes) is 1. The number of hydrogen-bond acceptors (Lipinski definition) is 6. The maximum atomic E-state index is 13.3. The van der Waals surface area contributed by atoms with E-state index in [0.29, 0.717) is 6.42 Å². The van der Waals surface area contributed by atoms with Crippen LogP contribution in [0.2, 0.25) is 0 Å². The third-order valence-electron chi connectivity index (χ3n) is 5.98. The van der Waals surface area contributed by atoms with E-state index < -0.39 is 35.3 Å². The second-order valence-corrected chi connectivity index (χ2v) is 9.68. The van der Waals surface area contributed by atoms with Crippen LogP contribution in [-0.2, 0) is 16.1 Å². The zero-order valence-electron chi connectivity index (χ0n) is 21.0. The standard InChI is InChI=1S/C25H33N7O4/c1-5-6-7-19(22(33)23(34)28-21-10-14-27-29-21)32(24(35)36)20(25(2,3)4)16-31-15-11-18(30-31)17-8-12-26-13-9-17/h8-15,19-20H,5-7,16H2,1-4H3,(H,35,36)(H2,27,28,29,34)/t19-,20+/m0/s1. The molecule has 0 aliphatic rings. The second-order valence-electron chi connectivity index (χ2n) is 9.68. The van der Waals surface area contributed by atoms with E-state index in [1.54, 1.807) is 23.3 Å². The zero-order chi connectivity index (χ0) is 26.3. The Balaban J connectivity index is 1.92. The summed E-state index contributed by atoms with van der Waals surface area (Å²) < 4.78 is 1.67. The number of hydrogen-bond donors (Lipinski definition) is 3. The summed E-state index contributed by atoms with van der Waals surface area (Å²) in [5.74, 6) is -1.44. The van der Waals surface area contributed by atoms with Crippen LogP contribution in [-0.4, -0.2) is 64.8 Å². The summed E-state index contributed by atoms with van der Waals surface area (Å²) in [6.45, 7) is 7.88. The number of Topliss-reactive ketones (excluding diaryl/α,β-unsaturated/α-hetero) is 1. The van der Waals surface area contributed by atoms with Gasteiger partial charge in [-0.1, -0.05) is 40.5 Å². The van der Waals surface area contributed by atoms with Gasteiger partial charge in [-0.2, -0.15) is 10.2 Å². The largest absolute Gasteiger partial charge is 0.465 e. The Bertz CT molecular complexity index is 1150. The topological polar surface area (TPSA) is 146 Å². The van der Waals surface area contributed by atoms with Crippen LogP contribution in [0.5, 0.6) is 0 Å². The monoisotopic (exact) mass is 495 g/mol. The van der Waals surface area contributed by atoms with Gasteiger partial charge < -0.3 is 10.4 Å². The number of carbonyl (C=O) groups excluding carboxylic acids is 2. The van der Waals surface area contributed by atoms with Crippen LogP contribution in [0.25, 0.3) is 11.3 Å². The first-order chi connectivity index (χ1) is 17.1. The number of H-pyrrole nitrogens is 1. The minimum absolute atomic E-state index is 0.207. The van der Waals surface area contributed by atoms with Gasteiger partial charge >= 0.3 is 6.09 Å². The van der Waals surface area contributed by atoms with Gasteiger partial charge in [0, 0.05) is 30.2 Å². The molecule has 0 saturated heterocycles. The highest BCUT2D eigenvalue weighted by molar-refractivity contribution is 6.42. The normalized spacial score (nSPS) is 13.1. The van der Waals surface area contributed by atoms with Crippen molar-refractivity contribution >= 4 is 23.6 Å². The Morgan fingerprint density at radius 3 is 2.44 bits per heavy atom. The smallest absolute Gasteiger partial charge is 0.408 e. The third kappa shape index (κ3) is 6.55. The van der Waals surface area contributed by atoms with Crippen LogP contribution in [0.15, 0.2) is 49.1 Å². The van der Waals surface area contributed by atoms with Gasteiger partial charge in [0.2, 0.25) is 5.78 Å². The molecule has 36 heavy (non-hydrogen) atoms. The van der Waals surface area contributed by atoms with Crippen molar-refractivity contribution in [1.29, 1.82) is 0 Å². The number of ketones is 1. The summed E-state index contributed by atoms with van der Waals surface area (Å²) in [7, 11) is 0. The molecule has 192 valence electrons. The van der Waals surface area contributed by atoms with E-state index in [4.69, 9.17) is 0 Å².